The van der Waals surface area contributed by atoms with Crippen molar-refractivity contribution in [1.82, 2.24) is 20.6 Å². The number of fused-ring (bicyclic) bond motifs is 1. The maximum absolute atomic E-state index is 11.8. The van der Waals surface area contributed by atoms with Gasteiger partial charge in [0.2, 0.25) is 5.91 Å². The third-order valence-electron chi connectivity index (χ3n) is 3.20. The fourth-order valence-electron chi connectivity index (χ4n) is 1.94. The summed E-state index contributed by atoms with van der Waals surface area (Å²) in [7, 11) is 1.91. The molecule has 5 nitrogen and oxygen atoms in total. The summed E-state index contributed by atoms with van der Waals surface area (Å²) in [4.78, 5) is 22.7. The first-order chi connectivity index (χ1) is 10.1. The molecule has 0 unspecified atom stereocenters. The minimum atomic E-state index is 0.0486. The second-order valence-electron chi connectivity index (χ2n) is 4.74. The Morgan fingerprint density at radius 2 is 2.14 bits per heavy atom. The fourth-order valence-corrected chi connectivity index (χ4v) is 3.88. The predicted octanol–water partition coefficient (Wildman–Crippen LogP) is 2.13. The van der Waals surface area contributed by atoms with Crippen LogP contribution < -0.4 is 10.6 Å². The van der Waals surface area contributed by atoms with Crippen LogP contribution in [0.3, 0.4) is 0 Å². The predicted molar refractivity (Wildman–Crippen MR) is 89.2 cm³/mol. The number of nitrogens with zero attached hydrogens (tertiary/aromatic N) is 2. The summed E-state index contributed by atoms with van der Waals surface area (Å²) in [6, 6.07) is 0. The van der Waals surface area contributed by atoms with Gasteiger partial charge in [-0.2, -0.15) is 0 Å². The van der Waals surface area contributed by atoms with Gasteiger partial charge in [-0.25, -0.2) is 9.97 Å². The van der Waals surface area contributed by atoms with Gasteiger partial charge in [0.05, 0.1) is 5.75 Å². The van der Waals surface area contributed by atoms with E-state index < -0.39 is 0 Å². The van der Waals surface area contributed by atoms with Crippen LogP contribution in [0.1, 0.15) is 16.9 Å². The number of thioether (sulfide) groups is 1. The van der Waals surface area contributed by atoms with Crippen molar-refractivity contribution in [2.45, 2.75) is 25.3 Å². The Morgan fingerprint density at radius 3 is 2.90 bits per heavy atom. The molecule has 0 aliphatic heterocycles. The van der Waals surface area contributed by atoms with E-state index in [-0.39, 0.29) is 5.91 Å². The molecule has 0 radical (unpaired) electrons. The van der Waals surface area contributed by atoms with E-state index in [1.54, 1.807) is 17.7 Å². The highest BCUT2D eigenvalue weighted by atomic mass is 32.2. The van der Waals surface area contributed by atoms with Gasteiger partial charge in [0.15, 0.2) is 0 Å². The van der Waals surface area contributed by atoms with Gasteiger partial charge in [0, 0.05) is 16.8 Å². The van der Waals surface area contributed by atoms with E-state index in [4.69, 9.17) is 0 Å². The summed E-state index contributed by atoms with van der Waals surface area (Å²) in [5.74, 6) is 0.437. The molecule has 114 valence electrons. The van der Waals surface area contributed by atoms with Crippen molar-refractivity contribution in [3.05, 3.63) is 16.8 Å². The number of rotatable bonds is 7. The average Bonchev–Trinajstić information content (AvgIpc) is 2.77. The molecule has 0 bridgehead atoms. The van der Waals surface area contributed by atoms with Crippen molar-refractivity contribution in [1.29, 1.82) is 0 Å². The molecule has 2 N–H and O–H groups in total. The molecule has 2 aromatic rings. The first kappa shape index (κ1) is 16.2. The maximum atomic E-state index is 11.8. The lowest BCUT2D eigenvalue weighted by Gasteiger charge is -2.05. The second kappa shape index (κ2) is 7.72. The number of nitrogens with one attached hydrogen (secondary N) is 2. The molecule has 0 fully saturated rings. The third kappa shape index (κ3) is 4.15. The summed E-state index contributed by atoms with van der Waals surface area (Å²) in [6.07, 6.45) is 2.51. The Bertz CT molecular complexity index is 627. The van der Waals surface area contributed by atoms with E-state index >= 15 is 0 Å². The number of aryl methyl sites for hydroxylation is 2. The largest absolute Gasteiger partial charge is 0.355 e. The molecule has 1 amide bonds. The Morgan fingerprint density at radius 1 is 1.33 bits per heavy atom. The molecule has 2 rings (SSSR count). The van der Waals surface area contributed by atoms with Crippen molar-refractivity contribution in [3.63, 3.8) is 0 Å². The van der Waals surface area contributed by atoms with Crippen LogP contribution in [0.5, 0.6) is 0 Å². The highest BCUT2D eigenvalue weighted by Crippen LogP contribution is 2.34. The van der Waals surface area contributed by atoms with Crippen molar-refractivity contribution in [2.75, 3.05) is 25.9 Å². The molecular formula is C14H20N4OS2. The monoisotopic (exact) mass is 324 g/mol. The number of hydrogen-bond donors (Lipinski definition) is 2. The van der Waals surface area contributed by atoms with E-state index in [0.717, 1.165) is 28.2 Å². The summed E-state index contributed by atoms with van der Waals surface area (Å²) in [5.41, 5.74) is 1.22. The number of aromatic nitrogens is 2. The van der Waals surface area contributed by atoms with Gasteiger partial charge in [-0.1, -0.05) is 11.8 Å². The summed E-state index contributed by atoms with van der Waals surface area (Å²) < 4.78 is 0. The maximum Gasteiger partial charge on any atom is 0.230 e. The van der Waals surface area contributed by atoms with E-state index in [1.807, 2.05) is 7.05 Å². The topological polar surface area (TPSA) is 66.9 Å². The van der Waals surface area contributed by atoms with Crippen LogP contribution in [0.25, 0.3) is 10.2 Å². The molecule has 0 saturated heterocycles. The summed E-state index contributed by atoms with van der Waals surface area (Å²) in [5, 5.41) is 7.96. The zero-order valence-electron chi connectivity index (χ0n) is 12.5. The lowest BCUT2D eigenvalue weighted by molar-refractivity contribution is -0.118. The molecule has 2 aromatic heterocycles. The van der Waals surface area contributed by atoms with Gasteiger partial charge in [0.1, 0.15) is 16.2 Å². The Balaban J connectivity index is 1.96. The van der Waals surface area contributed by atoms with Gasteiger partial charge in [0.25, 0.3) is 0 Å². The molecule has 2 heterocycles. The molecule has 0 aromatic carbocycles. The normalized spacial score (nSPS) is 11.0. The average molecular weight is 324 g/mol. The van der Waals surface area contributed by atoms with Gasteiger partial charge in [-0.05, 0) is 39.4 Å². The Hall–Kier alpha value is -1.18. The molecular weight excluding hydrogens is 304 g/mol. The van der Waals surface area contributed by atoms with Crippen LogP contribution in [0.15, 0.2) is 11.4 Å². The van der Waals surface area contributed by atoms with Crippen molar-refractivity contribution in [3.8, 4) is 0 Å². The van der Waals surface area contributed by atoms with Gasteiger partial charge in [-0.3, -0.25) is 4.79 Å². The Labute approximate surface area is 132 Å². The van der Waals surface area contributed by atoms with Crippen LogP contribution in [0.4, 0.5) is 0 Å². The molecule has 0 spiro atoms. The van der Waals surface area contributed by atoms with Crippen LogP contribution in [0.2, 0.25) is 0 Å². The van der Waals surface area contributed by atoms with Crippen LogP contribution in [0, 0.1) is 13.8 Å². The van der Waals surface area contributed by atoms with Crippen LogP contribution in [-0.2, 0) is 4.79 Å². The molecule has 0 aliphatic carbocycles. The fraction of sp³-hybridized carbons (Fsp3) is 0.500. The van der Waals surface area contributed by atoms with E-state index in [9.17, 15) is 4.79 Å². The molecule has 0 atom stereocenters. The zero-order chi connectivity index (χ0) is 15.2. The molecule has 21 heavy (non-hydrogen) atoms. The zero-order valence-corrected chi connectivity index (χ0v) is 14.2. The second-order valence-corrected chi connectivity index (χ2v) is 6.91. The van der Waals surface area contributed by atoms with Crippen LogP contribution in [-0.4, -0.2) is 41.8 Å². The quantitative estimate of drug-likeness (QED) is 0.464. The lowest BCUT2D eigenvalue weighted by atomic mass is 10.2. The van der Waals surface area contributed by atoms with Gasteiger partial charge < -0.3 is 10.6 Å². The highest BCUT2D eigenvalue weighted by molar-refractivity contribution is 8.00. The minimum absolute atomic E-state index is 0.0486. The Kier molecular flexibility index (Phi) is 5.96. The van der Waals surface area contributed by atoms with Crippen LogP contribution >= 0.6 is 23.1 Å². The number of amides is 1. The molecule has 0 saturated carbocycles. The van der Waals surface area contributed by atoms with E-state index in [2.05, 4.69) is 34.4 Å². The van der Waals surface area contributed by atoms with E-state index in [0.29, 0.717) is 12.3 Å². The summed E-state index contributed by atoms with van der Waals surface area (Å²) in [6.45, 7) is 5.79. The SMILES string of the molecule is CNCCCNC(=O)CSc1ncnc2sc(C)c(C)c12. The molecule has 0 aliphatic rings. The number of carbonyl (C=O) groups excluding carboxylic acids is 1. The minimum Gasteiger partial charge on any atom is -0.355 e. The lowest BCUT2D eigenvalue weighted by Crippen LogP contribution is -2.28. The summed E-state index contributed by atoms with van der Waals surface area (Å²) >= 11 is 3.15. The number of thiophene rings is 1. The molecule has 7 heteroatoms. The number of hydrogen-bond acceptors (Lipinski definition) is 6. The third-order valence-corrected chi connectivity index (χ3v) is 5.30. The van der Waals surface area contributed by atoms with Crippen molar-refractivity contribution >= 4 is 39.2 Å². The first-order valence-electron chi connectivity index (χ1n) is 6.88. The van der Waals surface area contributed by atoms with Gasteiger partial charge in [-0.15, -0.1) is 11.3 Å². The van der Waals surface area contributed by atoms with E-state index in [1.165, 1.54) is 22.2 Å². The van der Waals surface area contributed by atoms with Gasteiger partial charge >= 0.3 is 0 Å². The standard InChI is InChI=1S/C14H20N4OS2/c1-9-10(2)21-14-12(9)13(17-8-18-14)20-7-11(19)16-6-4-5-15-3/h8,15H,4-7H2,1-3H3,(H,16,19). The van der Waals surface area contributed by atoms with Crippen molar-refractivity contribution < 1.29 is 4.79 Å². The first-order valence-corrected chi connectivity index (χ1v) is 8.68. The smallest absolute Gasteiger partial charge is 0.230 e. The number of carbonyl (C=O) groups is 1. The highest BCUT2D eigenvalue weighted by Gasteiger charge is 2.13. The van der Waals surface area contributed by atoms with Crippen molar-refractivity contribution in [2.24, 2.45) is 0 Å².